The number of hydrogen-bond donors (Lipinski definition) is 2. The average Bonchev–Trinajstić information content (AvgIpc) is 2.64. The van der Waals surface area contributed by atoms with E-state index in [9.17, 15) is 9.59 Å². The van der Waals surface area contributed by atoms with Gasteiger partial charge in [-0.3, -0.25) is 9.59 Å². The van der Waals surface area contributed by atoms with Gasteiger partial charge in [0.15, 0.2) is 0 Å². The number of benzene rings is 1. The molecule has 0 unspecified atom stereocenters. The van der Waals surface area contributed by atoms with Crippen molar-refractivity contribution in [2.45, 2.75) is 25.5 Å². The Labute approximate surface area is 159 Å². The molecule has 0 aliphatic carbocycles. The van der Waals surface area contributed by atoms with E-state index in [4.69, 9.17) is 9.47 Å². The minimum atomic E-state index is -0.351. The molecule has 2 aliphatic rings. The summed E-state index contributed by atoms with van der Waals surface area (Å²) >= 11 is 0. The van der Waals surface area contributed by atoms with E-state index in [1.807, 2.05) is 36.1 Å². The Morgan fingerprint density at radius 3 is 2.54 bits per heavy atom. The van der Waals surface area contributed by atoms with Crippen molar-refractivity contribution in [3.8, 4) is 0 Å². The highest BCUT2D eigenvalue weighted by atomic mass is 35.5. The number of carbonyl (C=O) groups excluding carboxylic acids is 2. The number of halogens is 1. The molecule has 0 radical (unpaired) electrons. The molecule has 0 saturated carbocycles. The lowest BCUT2D eigenvalue weighted by Crippen LogP contribution is -2.53. The third-order valence-corrected chi connectivity index (χ3v) is 4.54. The largest absolute Gasteiger partial charge is 0.378 e. The zero-order valence-corrected chi connectivity index (χ0v) is 15.7. The van der Waals surface area contributed by atoms with Gasteiger partial charge in [0, 0.05) is 25.3 Å². The summed E-state index contributed by atoms with van der Waals surface area (Å²) in [6.07, 6.45) is 0.211. The molecule has 2 amide bonds. The van der Waals surface area contributed by atoms with Crippen molar-refractivity contribution >= 4 is 29.9 Å². The van der Waals surface area contributed by atoms with Crippen LogP contribution in [0, 0.1) is 0 Å². The quantitative estimate of drug-likeness (QED) is 0.804. The molecule has 2 fully saturated rings. The van der Waals surface area contributed by atoms with Crippen molar-refractivity contribution in [3.63, 3.8) is 0 Å². The number of rotatable bonds is 4. The molecule has 2 N–H and O–H groups in total. The highest BCUT2D eigenvalue weighted by molar-refractivity contribution is 5.95. The Hall–Kier alpha value is -1.67. The Bertz CT molecular complexity index is 605. The van der Waals surface area contributed by atoms with E-state index in [0.717, 1.165) is 5.56 Å². The van der Waals surface area contributed by atoms with Crippen LogP contribution in [-0.4, -0.2) is 68.3 Å². The van der Waals surface area contributed by atoms with E-state index in [1.165, 1.54) is 0 Å². The van der Waals surface area contributed by atoms with Gasteiger partial charge in [-0.05, 0) is 24.6 Å². The predicted molar refractivity (Wildman–Crippen MR) is 101 cm³/mol. The van der Waals surface area contributed by atoms with Gasteiger partial charge in [0.2, 0.25) is 11.8 Å². The second kappa shape index (κ2) is 9.87. The molecule has 2 atom stereocenters. The van der Waals surface area contributed by atoms with Crippen LogP contribution in [0.25, 0.3) is 0 Å². The van der Waals surface area contributed by atoms with Gasteiger partial charge in [0.1, 0.15) is 6.04 Å². The van der Waals surface area contributed by atoms with Gasteiger partial charge in [0.25, 0.3) is 0 Å². The molecule has 26 heavy (non-hydrogen) atoms. The molecule has 1 aromatic rings. The summed E-state index contributed by atoms with van der Waals surface area (Å²) in [6, 6.07) is 7.06. The third kappa shape index (κ3) is 5.41. The predicted octanol–water partition coefficient (Wildman–Crippen LogP) is 0.825. The number of carbonyl (C=O) groups is 2. The number of anilines is 1. The van der Waals surface area contributed by atoms with Crippen LogP contribution >= 0.6 is 12.4 Å². The van der Waals surface area contributed by atoms with Gasteiger partial charge in [-0.25, -0.2) is 0 Å². The van der Waals surface area contributed by atoms with Crippen LogP contribution in [0.5, 0.6) is 0 Å². The molecule has 2 heterocycles. The van der Waals surface area contributed by atoms with Crippen LogP contribution in [0.2, 0.25) is 0 Å². The van der Waals surface area contributed by atoms with Gasteiger partial charge in [-0.15, -0.1) is 12.4 Å². The molecule has 0 spiro atoms. The van der Waals surface area contributed by atoms with E-state index < -0.39 is 0 Å². The maximum Gasteiger partial charge on any atom is 0.244 e. The van der Waals surface area contributed by atoms with Gasteiger partial charge in [0.05, 0.1) is 32.3 Å². The first kappa shape index (κ1) is 20.6. The van der Waals surface area contributed by atoms with Crippen molar-refractivity contribution in [3.05, 3.63) is 29.8 Å². The summed E-state index contributed by atoms with van der Waals surface area (Å²) in [6.45, 7) is 5.70. The number of hydrogen-bond acceptors (Lipinski definition) is 5. The molecule has 0 bridgehead atoms. The van der Waals surface area contributed by atoms with Gasteiger partial charge in [-0.2, -0.15) is 0 Å². The van der Waals surface area contributed by atoms with Crippen molar-refractivity contribution in [1.29, 1.82) is 0 Å². The fourth-order valence-electron chi connectivity index (χ4n) is 3.05. The summed E-state index contributed by atoms with van der Waals surface area (Å²) in [5.41, 5.74) is 1.65. The molecule has 1 aromatic carbocycles. The highest BCUT2D eigenvalue weighted by Crippen LogP contribution is 2.13. The highest BCUT2D eigenvalue weighted by Gasteiger charge is 2.28. The standard InChI is InChI=1S/C18H25N3O4.ClH/c1-13-17(19-6-9-25-13)18(23)20-15-4-2-14(3-5-15)12-16(22)21-7-10-24-11-8-21;/h2-5,13,17,19H,6-12H2,1H3,(H,20,23);1H/t13-,17+;/m1./s1. The van der Waals surface area contributed by atoms with Crippen molar-refractivity contribution in [2.75, 3.05) is 44.8 Å². The number of nitrogens with one attached hydrogen (secondary N) is 2. The summed E-state index contributed by atoms with van der Waals surface area (Å²) in [4.78, 5) is 26.4. The lowest BCUT2D eigenvalue weighted by atomic mass is 10.1. The summed E-state index contributed by atoms with van der Waals surface area (Å²) in [7, 11) is 0. The number of amides is 2. The van der Waals surface area contributed by atoms with Gasteiger partial charge >= 0.3 is 0 Å². The van der Waals surface area contributed by atoms with E-state index in [2.05, 4.69) is 10.6 Å². The summed E-state index contributed by atoms with van der Waals surface area (Å²) < 4.78 is 10.8. The second-order valence-electron chi connectivity index (χ2n) is 6.36. The molecule has 0 aromatic heterocycles. The summed E-state index contributed by atoms with van der Waals surface area (Å²) in [5, 5.41) is 6.06. The Morgan fingerprint density at radius 2 is 1.88 bits per heavy atom. The molecule has 2 saturated heterocycles. The van der Waals surface area contributed by atoms with Crippen molar-refractivity contribution in [2.24, 2.45) is 0 Å². The number of ether oxygens (including phenoxy) is 2. The van der Waals surface area contributed by atoms with Gasteiger partial charge in [-0.1, -0.05) is 12.1 Å². The van der Waals surface area contributed by atoms with Crippen LogP contribution in [0.15, 0.2) is 24.3 Å². The van der Waals surface area contributed by atoms with Gasteiger partial charge < -0.3 is 25.0 Å². The van der Waals surface area contributed by atoms with E-state index in [0.29, 0.717) is 51.6 Å². The molecule has 7 nitrogen and oxygen atoms in total. The zero-order valence-electron chi connectivity index (χ0n) is 14.9. The monoisotopic (exact) mass is 383 g/mol. The first-order chi connectivity index (χ1) is 12.1. The first-order valence-electron chi connectivity index (χ1n) is 8.74. The van der Waals surface area contributed by atoms with Crippen LogP contribution in [0.4, 0.5) is 5.69 Å². The Kier molecular flexibility index (Phi) is 7.84. The zero-order chi connectivity index (χ0) is 17.6. The van der Waals surface area contributed by atoms with Crippen molar-refractivity contribution < 1.29 is 19.1 Å². The van der Waals surface area contributed by atoms with Crippen molar-refractivity contribution in [1.82, 2.24) is 10.2 Å². The van der Waals surface area contributed by atoms with Crippen LogP contribution in [0.3, 0.4) is 0 Å². The van der Waals surface area contributed by atoms with Crippen LogP contribution in [-0.2, 0) is 25.5 Å². The lowest BCUT2D eigenvalue weighted by Gasteiger charge is -2.29. The molecule has 2 aliphatic heterocycles. The summed E-state index contributed by atoms with van der Waals surface area (Å²) in [5.74, 6) is 0.00167. The maximum atomic E-state index is 12.3. The topological polar surface area (TPSA) is 79.9 Å². The fourth-order valence-corrected chi connectivity index (χ4v) is 3.05. The Morgan fingerprint density at radius 1 is 1.19 bits per heavy atom. The lowest BCUT2D eigenvalue weighted by molar-refractivity contribution is -0.134. The first-order valence-corrected chi connectivity index (χ1v) is 8.74. The van der Waals surface area contributed by atoms with E-state index in [1.54, 1.807) is 0 Å². The molecule has 144 valence electrons. The molecule has 8 heteroatoms. The number of morpholine rings is 2. The van der Waals surface area contributed by atoms with E-state index >= 15 is 0 Å². The van der Waals surface area contributed by atoms with Crippen LogP contribution in [0.1, 0.15) is 12.5 Å². The molecular weight excluding hydrogens is 358 g/mol. The Balaban J connectivity index is 0.00000243. The number of nitrogens with zero attached hydrogens (tertiary/aromatic N) is 1. The third-order valence-electron chi connectivity index (χ3n) is 4.54. The minimum absolute atomic E-state index is 0. The minimum Gasteiger partial charge on any atom is -0.378 e. The normalized spacial score (nSPS) is 23.0. The molecular formula is C18H26ClN3O4. The maximum absolute atomic E-state index is 12.3. The smallest absolute Gasteiger partial charge is 0.244 e. The molecule has 3 rings (SSSR count). The van der Waals surface area contributed by atoms with Crippen LogP contribution < -0.4 is 10.6 Å². The SMILES string of the molecule is C[C@H]1OCCN[C@@H]1C(=O)Nc1ccc(CC(=O)N2CCOCC2)cc1.Cl. The van der Waals surface area contributed by atoms with E-state index in [-0.39, 0.29) is 36.4 Å². The second-order valence-corrected chi connectivity index (χ2v) is 6.36. The fraction of sp³-hybridized carbons (Fsp3) is 0.556. The average molecular weight is 384 g/mol.